The zero-order chi connectivity index (χ0) is 14.3. The van der Waals surface area contributed by atoms with Crippen molar-refractivity contribution in [3.05, 3.63) is 40.9 Å². The van der Waals surface area contributed by atoms with E-state index in [2.05, 4.69) is 4.98 Å². The number of aromatic nitrogens is 2. The molecule has 3 aromatic rings. The van der Waals surface area contributed by atoms with Gasteiger partial charge >= 0.3 is 5.97 Å². The minimum absolute atomic E-state index is 0.0911. The number of fused-ring (bicyclic) bond motifs is 3. The molecular weight excluding hydrogens is 260 g/mol. The summed E-state index contributed by atoms with van der Waals surface area (Å²) in [5.74, 6) is -1.06. The monoisotopic (exact) mass is 272 g/mol. The van der Waals surface area contributed by atoms with Crippen molar-refractivity contribution in [2.45, 2.75) is 19.4 Å². The summed E-state index contributed by atoms with van der Waals surface area (Å²) >= 11 is 0. The Kier molecular flexibility index (Phi) is 2.78. The van der Waals surface area contributed by atoms with Crippen LogP contribution in [0.2, 0.25) is 0 Å². The van der Waals surface area contributed by atoms with E-state index in [9.17, 15) is 9.59 Å². The highest BCUT2D eigenvalue weighted by atomic mass is 16.4. The summed E-state index contributed by atoms with van der Waals surface area (Å²) < 4.78 is 6.61. The maximum absolute atomic E-state index is 12.4. The Morgan fingerprint density at radius 2 is 2.20 bits per heavy atom. The van der Waals surface area contributed by atoms with Crippen LogP contribution in [0.25, 0.3) is 22.1 Å². The van der Waals surface area contributed by atoms with Crippen LogP contribution in [0, 0.1) is 0 Å². The van der Waals surface area contributed by atoms with E-state index < -0.39 is 17.6 Å². The van der Waals surface area contributed by atoms with Gasteiger partial charge in [0.1, 0.15) is 17.1 Å². The van der Waals surface area contributed by atoms with Gasteiger partial charge in [-0.25, -0.2) is 9.78 Å². The van der Waals surface area contributed by atoms with E-state index in [4.69, 9.17) is 9.52 Å². The van der Waals surface area contributed by atoms with Gasteiger partial charge in [-0.3, -0.25) is 9.36 Å². The lowest BCUT2D eigenvalue weighted by Crippen LogP contribution is -2.29. The zero-order valence-electron chi connectivity index (χ0n) is 10.7. The second kappa shape index (κ2) is 4.48. The second-order valence-corrected chi connectivity index (χ2v) is 4.50. The van der Waals surface area contributed by atoms with Crippen LogP contribution in [-0.4, -0.2) is 20.6 Å². The largest absolute Gasteiger partial charge is 0.480 e. The first-order valence-corrected chi connectivity index (χ1v) is 6.24. The third kappa shape index (κ3) is 1.69. The molecule has 0 aliphatic rings. The highest BCUT2D eigenvalue weighted by Gasteiger charge is 2.21. The van der Waals surface area contributed by atoms with Crippen molar-refractivity contribution in [1.82, 2.24) is 9.55 Å². The van der Waals surface area contributed by atoms with E-state index in [0.29, 0.717) is 17.5 Å². The maximum Gasteiger partial charge on any atom is 0.326 e. The molecule has 2 aromatic heterocycles. The lowest BCUT2D eigenvalue weighted by Gasteiger charge is -2.11. The molecule has 20 heavy (non-hydrogen) atoms. The third-order valence-corrected chi connectivity index (χ3v) is 3.32. The van der Waals surface area contributed by atoms with Gasteiger partial charge in [-0.05, 0) is 18.6 Å². The first kappa shape index (κ1) is 12.4. The number of hydrogen-bond acceptors (Lipinski definition) is 4. The Labute approximate surface area is 113 Å². The summed E-state index contributed by atoms with van der Waals surface area (Å²) in [7, 11) is 0. The summed E-state index contributed by atoms with van der Waals surface area (Å²) in [5, 5.41) is 9.89. The number of benzene rings is 1. The molecule has 0 amide bonds. The number of furan rings is 1. The zero-order valence-corrected chi connectivity index (χ0v) is 10.7. The fourth-order valence-electron chi connectivity index (χ4n) is 2.31. The average Bonchev–Trinajstić information content (AvgIpc) is 2.81. The molecule has 6 nitrogen and oxygen atoms in total. The minimum Gasteiger partial charge on any atom is -0.480 e. The molecule has 0 spiro atoms. The number of hydrogen-bond donors (Lipinski definition) is 1. The predicted octanol–water partition coefficient (Wildman–Crippen LogP) is 2.18. The molecule has 1 aromatic carbocycles. The van der Waals surface area contributed by atoms with Crippen molar-refractivity contribution >= 4 is 28.0 Å². The van der Waals surface area contributed by atoms with Crippen molar-refractivity contribution < 1.29 is 14.3 Å². The molecule has 1 atom stereocenters. The third-order valence-electron chi connectivity index (χ3n) is 3.32. The number of aliphatic carboxylic acids is 1. The van der Waals surface area contributed by atoms with E-state index >= 15 is 0 Å². The molecule has 3 rings (SSSR count). The Morgan fingerprint density at radius 3 is 2.90 bits per heavy atom. The maximum atomic E-state index is 12.4. The highest BCUT2D eigenvalue weighted by molar-refractivity contribution is 6.01. The van der Waals surface area contributed by atoms with Gasteiger partial charge in [0.05, 0.1) is 6.33 Å². The standard InChI is InChI=1S/C14H12N2O4/c1-2-9(14(18)19)16-7-15-11-8-5-3-4-6-10(8)20-12(11)13(16)17/h3-7,9H,2H2,1H3,(H,18,19). The number of carbonyl (C=O) groups is 1. The van der Waals surface area contributed by atoms with E-state index in [1.54, 1.807) is 19.1 Å². The van der Waals surface area contributed by atoms with Crippen LogP contribution in [0.4, 0.5) is 0 Å². The normalized spacial score (nSPS) is 12.8. The molecule has 0 saturated heterocycles. The Morgan fingerprint density at radius 1 is 1.45 bits per heavy atom. The van der Waals surface area contributed by atoms with Crippen LogP contribution >= 0.6 is 0 Å². The fraction of sp³-hybridized carbons (Fsp3) is 0.214. The summed E-state index contributed by atoms with van der Waals surface area (Å²) in [5.41, 5.74) is 0.643. The van der Waals surface area contributed by atoms with Crippen LogP contribution in [0.1, 0.15) is 19.4 Å². The SMILES string of the molecule is CCC(C(=O)O)n1cnc2c(oc3ccccc32)c1=O. The lowest BCUT2D eigenvalue weighted by molar-refractivity contribution is -0.141. The van der Waals surface area contributed by atoms with Crippen molar-refractivity contribution in [3.63, 3.8) is 0 Å². The summed E-state index contributed by atoms with van der Waals surface area (Å²) in [6.07, 6.45) is 1.57. The van der Waals surface area contributed by atoms with Gasteiger partial charge in [-0.2, -0.15) is 0 Å². The van der Waals surface area contributed by atoms with Crippen LogP contribution in [-0.2, 0) is 4.79 Å². The van der Waals surface area contributed by atoms with E-state index in [1.807, 2.05) is 12.1 Å². The number of nitrogens with zero attached hydrogens (tertiary/aromatic N) is 2. The van der Waals surface area contributed by atoms with Gasteiger partial charge in [0.25, 0.3) is 5.56 Å². The molecule has 1 N–H and O–H groups in total. The van der Waals surface area contributed by atoms with Gasteiger partial charge in [-0.1, -0.05) is 19.1 Å². The molecule has 0 fully saturated rings. The van der Waals surface area contributed by atoms with E-state index in [-0.39, 0.29) is 5.58 Å². The Bertz CT molecular complexity index is 862. The van der Waals surface area contributed by atoms with Crippen LogP contribution in [0.5, 0.6) is 0 Å². The first-order chi connectivity index (χ1) is 9.63. The van der Waals surface area contributed by atoms with Crippen molar-refractivity contribution in [2.75, 3.05) is 0 Å². The molecular formula is C14H12N2O4. The quantitative estimate of drug-likeness (QED) is 0.789. The molecule has 0 saturated carbocycles. The number of carboxylic acid groups (broad SMARTS) is 1. The van der Waals surface area contributed by atoms with Crippen LogP contribution in [0.15, 0.2) is 39.8 Å². The molecule has 6 heteroatoms. The van der Waals surface area contributed by atoms with Gasteiger partial charge in [0.15, 0.2) is 0 Å². The summed E-state index contributed by atoms with van der Waals surface area (Å²) in [6.45, 7) is 1.70. The smallest absolute Gasteiger partial charge is 0.326 e. The molecule has 0 aliphatic carbocycles. The van der Waals surface area contributed by atoms with Crippen LogP contribution < -0.4 is 5.56 Å². The van der Waals surface area contributed by atoms with Gasteiger partial charge in [-0.15, -0.1) is 0 Å². The van der Waals surface area contributed by atoms with E-state index in [1.165, 1.54) is 6.33 Å². The second-order valence-electron chi connectivity index (χ2n) is 4.50. The molecule has 0 aliphatic heterocycles. The summed E-state index contributed by atoms with van der Waals surface area (Å²) in [4.78, 5) is 27.7. The molecule has 1 unspecified atom stereocenters. The molecule has 102 valence electrons. The Hall–Kier alpha value is -2.63. The van der Waals surface area contributed by atoms with Gasteiger partial charge < -0.3 is 9.52 Å². The highest BCUT2D eigenvalue weighted by Crippen LogP contribution is 2.24. The number of carboxylic acids is 1. The Balaban J connectivity index is 2.33. The topological polar surface area (TPSA) is 85.3 Å². The summed E-state index contributed by atoms with van der Waals surface area (Å²) in [6, 6.07) is 6.25. The van der Waals surface area contributed by atoms with Crippen molar-refractivity contribution in [2.24, 2.45) is 0 Å². The van der Waals surface area contributed by atoms with Crippen LogP contribution in [0.3, 0.4) is 0 Å². The number of rotatable bonds is 3. The number of para-hydroxylation sites is 1. The van der Waals surface area contributed by atoms with Crippen molar-refractivity contribution in [1.29, 1.82) is 0 Å². The van der Waals surface area contributed by atoms with Gasteiger partial charge in [0, 0.05) is 5.39 Å². The van der Waals surface area contributed by atoms with Crippen molar-refractivity contribution in [3.8, 4) is 0 Å². The minimum atomic E-state index is -1.06. The lowest BCUT2D eigenvalue weighted by atomic mass is 10.2. The fourth-order valence-corrected chi connectivity index (χ4v) is 2.31. The molecule has 2 heterocycles. The first-order valence-electron chi connectivity index (χ1n) is 6.24. The predicted molar refractivity (Wildman–Crippen MR) is 72.7 cm³/mol. The van der Waals surface area contributed by atoms with E-state index in [0.717, 1.165) is 9.95 Å². The average molecular weight is 272 g/mol. The van der Waals surface area contributed by atoms with Gasteiger partial charge in [0.2, 0.25) is 5.58 Å². The molecule has 0 radical (unpaired) electrons. The molecule has 0 bridgehead atoms.